The molecule has 21 heavy (non-hydrogen) atoms. The summed E-state index contributed by atoms with van der Waals surface area (Å²) in [6, 6.07) is 0.570. The Kier molecular flexibility index (Phi) is 5.83. The molecule has 0 unspecified atom stereocenters. The number of aryl methyl sites for hydroxylation is 1. The van der Waals surface area contributed by atoms with E-state index >= 15 is 0 Å². The average Bonchev–Trinajstić information content (AvgIpc) is 2.52. The molecule has 1 heterocycles. The van der Waals surface area contributed by atoms with Gasteiger partial charge in [-0.05, 0) is 45.4 Å². The van der Waals surface area contributed by atoms with Crippen LogP contribution in [0.4, 0.5) is 11.6 Å². The molecule has 1 aliphatic carbocycles. The van der Waals surface area contributed by atoms with Gasteiger partial charge in [0.15, 0.2) is 0 Å². The molecule has 4 heteroatoms. The zero-order valence-corrected chi connectivity index (χ0v) is 14.0. The molecule has 1 aromatic heterocycles. The van der Waals surface area contributed by atoms with Crippen LogP contribution in [0.3, 0.4) is 0 Å². The van der Waals surface area contributed by atoms with Crippen LogP contribution in [0.2, 0.25) is 0 Å². The topological polar surface area (TPSA) is 49.8 Å². The van der Waals surface area contributed by atoms with Gasteiger partial charge < -0.3 is 10.6 Å². The Hall–Kier alpha value is -1.32. The summed E-state index contributed by atoms with van der Waals surface area (Å²) in [5.74, 6) is 3.85. The number of nitrogens with one attached hydrogen (secondary N) is 2. The van der Waals surface area contributed by atoms with Crippen molar-refractivity contribution in [3.63, 3.8) is 0 Å². The average molecular weight is 290 g/mol. The number of rotatable bonds is 6. The van der Waals surface area contributed by atoms with Crippen LogP contribution >= 0.6 is 0 Å². The SMILES string of the molecule is CCNc1nc(CC)nc(NC2CCC(CC)CC2)c1C. The van der Waals surface area contributed by atoms with Crippen molar-refractivity contribution in [1.82, 2.24) is 9.97 Å². The normalized spacial score (nSPS) is 22.1. The van der Waals surface area contributed by atoms with Gasteiger partial charge in [0.2, 0.25) is 0 Å². The minimum Gasteiger partial charge on any atom is -0.370 e. The van der Waals surface area contributed by atoms with E-state index in [9.17, 15) is 0 Å². The highest BCUT2D eigenvalue weighted by molar-refractivity contribution is 5.57. The second kappa shape index (κ2) is 7.62. The molecule has 0 aliphatic heterocycles. The third kappa shape index (κ3) is 4.08. The molecule has 0 bridgehead atoms. The lowest BCUT2D eigenvalue weighted by atomic mass is 9.84. The van der Waals surface area contributed by atoms with Crippen LogP contribution in [0, 0.1) is 12.8 Å². The maximum Gasteiger partial charge on any atom is 0.134 e. The van der Waals surface area contributed by atoms with Crippen LogP contribution in [-0.2, 0) is 6.42 Å². The fourth-order valence-electron chi connectivity index (χ4n) is 3.11. The number of hydrogen-bond acceptors (Lipinski definition) is 4. The highest BCUT2D eigenvalue weighted by Gasteiger charge is 2.21. The predicted molar refractivity (Wildman–Crippen MR) is 90.0 cm³/mol. The number of hydrogen-bond donors (Lipinski definition) is 2. The molecule has 0 saturated heterocycles. The lowest BCUT2D eigenvalue weighted by Gasteiger charge is -2.29. The van der Waals surface area contributed by atoms with E-state index in [1.54, 1.807) is 0 Å². The van der Waals surface area contributed by atoms with Crippen LogP contribution < -0.4 is 10.6 Å². The minimum absolute atomic E-state index is 0.570. The summed E-state index contributed by atoms with van der Waals surface area (Å²) in [6.07, 6.45) is 7.41. The van der Waals surface area contributed by atoms with Gasteiger partial charge >= 0.3 is 0 Å². The number of aromatic nitrogens is 2. The van der Waals surface area contributed by atoms with E-state index in [1.807, 2.05) is 0 Å². The molecule has 2 N–H and O–H groups in total. The molecule has 2 rings (SSSR count). The summed E-state index contributed by atoms with van der Waals surface area (Å²) in [4.78, 5) is 9.30. The Balaban J connectivity index is 2.10. The van der Waals surface area contributed by atoms with Crippen molar-refractivity contribution in [2.75, 3.05) is 17.2 Å². The van der Waals surface area contributed by atoms with Crippen molar-refractivity contribution in [2.45, 2.75) is 72.3 Å². The first-order chi connectivity index (χ1) is 10.2. The van der Waals surface area contributed by atoms with Crippen molar-refractivity contribution in [3.05, 3.63) is 11.4 Å². The van der Waals surface area contributed by atoms with E-state index in [1.165, 1.54) is 32.1 Å². The molecular weight excluding hydrogens is 260 g/mol. The molecule has 1 fully saturated rings. The Bertz CT molecular complexity index is 450. The molecule has 118 valence electrons. The lowest BCUT2D eigenvalue weighted by Crippen LogP contribution is -2.27. The van der Waals surface area contributed by atoms with Gasteiger partial charge in [-0.15, -0.1) is 0 Å². The van der Waals surface area contributed by atoms with Crippen LogP contribution in [-0.4, -0.2) is 22.6 Å². The maximum atomic E-state index is 4.70. The van der Waals surface area contributed by atoms with E-state index in [0.717, 1.165) is 41.9 Å². The van der Waals surface area contributed by atoms with Crippen LogP contribution in [0.5, 0.6) is 0 Å². The van der Waals surface area contributed by atoms with E-state index in [-0.39, 0.29) is 0 Å². The van der Waals surface area contributed by atoms with Gasteiger partial charge in [-0.2, -0.15) is 0 Å². The van der Waals surface area contributed by atoms with Crippen molar-refractivity contribution in [3.8, 4) is 0 Å². The third-order valence-corrected chi connectivity index (χ3v) is 4.62. The quantitative estimate of drug-likeness (QED) is 0.826. The summed E-state index contributed by atoms with van der Waals surface area (Å²) in [6.45, 7) is 9.52. The fraction of sp³-hybridized carbons (Fsp3) is 0.765. The first-order valence-electron chi connectivity index (χ1n) is 8.55. The summed E-state index contributed by atoms with van der Waals surface area (Å²) in [5.41, 5.74) is 1.15. The Morgan fingerprint density at radius 3 is 2.24 bits per heavy atom. The Morgan fingerprint density at radius 1 is 1.00 bits per heavy atom. The van der Waals surface area contributed by atoms with Gasteiger partial charge in [-0.3, -0.25) is 0 Å². The standard InChI is InChI=1S/C17H30N4/c1-5-13-8-10-14(11-9-13)19-17-12(4)16(18-7-3)20-15(6-2)21-17/h13-14H,5-11H2,1-4H3,(H2,18,19,20,21). The van der Waals surface area contributed by atoms with E-state index in [4.69, 9.17) is 4.98 Å². The van der Waals surface area contributed by atoms with Gasteiger partial charge in [0.1, 0.15) is 17.5 Å². The highest BCUT2D eigenvalue weighted by Crippen LogP contribution is 2.29. The molecule has 0 atom stereocenters. The van der Waals surface area contributed by atoms with Gasteiger partial charge in [0.25, 0.3) is 0 Å². The smallest absolute Gasteiger partial charge is 0.134 e. The van der Waals surface area contributed by atoms with Crippen molar-refractivity contribution < 1.29 is 0 Å². The molecule has 1 aliphatic rings. The minimum atomic E-state index is 0.570. The fourth-order valence-corrected chi connectivity index (χ4v) is 3.11. The second-order valence-corrected chi connectivity index (χ2v) is 6.12. The molecule has 4 nitrogen and oxygen atoms in total. The van der Waals surface area contributed by atoms with Crippen LogP contribution in [0.15, 0.2) is 0 Å². The molecule has 0 amide bonds. The Labute approximate surface area is 129 Å². The number of anilines is 2. The van der Waals surface area contributed by atoms with Crippen molar-refractivity contribution >= 4 is 11.6 Å². The second-order valence-electron chi connectivity index (χ2n) is 6.12. The summed E-state index contributed by atoms with van der Waals surface area (Å²) in [7, 11) is 0. The monoisotopic (exact) mass is 290 g/mol. The van der Waals surface area contributed by atoms with E-state index < -0.39 is 0 Å². The van der Waals surface area contributed by atoms with Gasteiger partial charge in [-0.1, -0.05) is 20.3 Å². The molecular formula is C17H30N4. The van der Waals surface area contributed by atoms with Crippen molar-refractivity contribution in [1.29, 1.82) is 0 Å². The summed E-state index contributed by atoms with van der Waals surface area (Å²) in [5, 5.41) is 7.03. The number of nitrogens with zero attached hydrogens (tertiary/aromatic N) is 2. The van der Waals surface area contributed by atoms with Crippen molar-refractivity contribution in [2.24, 2.45) is 5.92 Å². The zero-order valence-electron chi connectivity index (χ0n) is 14.0. The lowest BCUT2D eigenvalue weighted by molar-refractivity contribution is 0.329. The predicted octanol–water partition coefficient (Wildman–Crippen LogP) is 4.16. The first kappa shape index (κ1) is 16.1. The van der Waals surface area contributed by atoms with Gasteiger partial charge in [-0.25, -0.2) is 9.97 Å². The molecule has 1 saturated carbocycles. The zero-order chi connectivity index (χ0) is 15.2. The summed E-state index contributed by atoms with van der Waals surface area (Å²) < 4.78 is 0. The molecule has 0 aromatic carbocycles. The Morgan fingerprint density at radius 2 is 1.67 bits per heavy atom. The largest absolute Gasteiger partial charge is 0.370 e. The van der Waals surface area contributed by atoms with Gasteiger partial charge in [0, 0.05) is 24.6 Å². The summed E-state index contributed by atoms with van der Waals surface area (Å²) >= 11 is 0. The maximum absolute atomic E-state index is 4.70. The van der Waals surface area contributed by atoms with E-state index in [2.05, 4.69) is 43.3 Å². The first-order valence-corrected chi connectivity index (χ1v) is 8.55. The van der Waals surface area contributed by atoms with Gasteiger partial charge in [0.05, 0.1) is 0 Å². The van der Waals surface area contributed by atoms with Crippen LogP contribution in [0.25, 0.3) is 0 Å². The van der Waals surface area contributed by atoms with Crippen LogP contribution in [0.1, 0.15) is 64.3 Å². The molecule has 0 radical (unpaired) electrons. The highest BCUT2D eigenvalue weighted by atomic mass is 15.1. The molecule has 1 aromatic rings. The van der Waals surface area contributed by atoms with E-state index in [0.29, 0.717) is 6.04 Å². The third-order valence-electron chi connectivity index (χ3n) is 4.62. The molecule has 0 spiro atoms.